The molecule has 1 heterocycles. The summed E-state index contributed by atoms with van der Waals surface area (Å²) in [6.07, 6.45) is 1.56. The fourth-order valence-corrected chi connectivity index (χ4v) is 2.41. The zero-order valence-corrected chi connectivity index (χ0v) is 11.3. The van der Waals surface area contributed by atoms with Crippen LogP contribution in [0.5, 0.6) is 0 Å². The number of hydrogen-bond donors (Lipinski definition) is 0. The van der Waals surface area contributed by atoms with Gasteiger partial charge in [-0.15, -0.1) is 0 Å². The van der Waals surface area contributed by atoms with Crippen LogP contribution in [0.15, 0.2) is 57.6 Å². The number of benzene rings is 2. The van der Waals surface area contributed by atoms with Gasteiger partial charge in [0.05, 0.1) is 16.7 Å². The summed E-state index contributed by atoms with van der Waals surface area (Å²) in [5.74, 6) is 0. The molecule has 2 aromatic carbocycles. The summed E-state index contributed by atoms with van der Waals surface area (Å²) >= 11 is 3.37. The van der Waals surface area contributed by atoms with Gasteiger partial charge in [-0.3, -0.25) is 10.1 Å². The Kier molecular flexibility index (Phi) is 2.83. The van der Waals surface area contributed by atoms with Crippen molar-refractivity contribution >= 4 is 32.6 Å². The standard InChI is InChI=1S/C14H8BrNO3/c15-9-5-6-11-12(8-19-14(11)7-9)10-3-1-2-4-13(10)16(17)18/h1-8H. The van der Waals surface area contributed by atoms with Crippen molar-refractivity contribution in [3.05, 3.63) is 63.3 Å². The van der Waals surface area contributed by atoms with Gasteiger partial charge in [-0.05, 0) is 24.3 Å². The minimum atomic E-state index is -0.382. The summed E-state index contributed by atoms with van der Waals surface area (Å²) in [6.45, 7) is 0. The van der Waals surface area contributed by atoms with Gasteiger partial charge in [0, 0.05) is 21.5 Å². The van der Waals surface area contributed by atoms with Gasteiger partial charge in [-0.25, -0.2) is 0 Å². The molecule has 19 heavy (non-hydrogen) atoms. The average molecular weight is 318 g/mol. The number of halogens is 1. The molecular weight excluding hydrogens is 310 g/mol. The van der Waals surface area contributed by atoms with Gasteiger partial charge in [-0.1, -0.05) is 28.1 Å². The second-order valence-corrected chi connectivity index (χ2v) is 4.98. The molecule has 1 aromatic heterocycles. The molecule has 0 unspecified atom stereocenters. The molecule has 0 N–H and O–H groups in total. The van der Waals surface area contributed by atoms with Gasteiger partial charge in [-0.2, -0.15) is 0 Å². The summed E-state index contributed by atoms with van der Waals surface area (Å²) in [5, 5.41) is 11.9. The van der Waals surface area contributed by atoms with E-state index in [0.717, 1.165) is 15.4 Å². The Morgan fingerprint density at radius 3 is 2.68 bits per heavy atom. The Labute approximate surface area is 116 Å². The van der Waals surface area contributed by atoms with E-state index in [1.807, 2.05) is 18.2 Å². The Balaban J connectivity index is 2.28. The number of furan rings is 1. The van der Waals surface area contributed by atoms with E-state index in [1.54, 1.807) is 24.5 Å². The van der Waals surface area contributed by atoms with E-state index in [-0.39, 0.29) is 10.6 Å². The molecule has 0 radical (unpaired) electrons. The first-order valence-corrected chi connectivity index (χ1v) is 6.36. The highest BCUT2D eigenvalue weighted by molar-refractivity contribution is 9.10. The second kappa shape index (κ2) is 4.51. The van der Waals surface area contributed by atoms with E-state index in [9.17, 15) is 10.1 Å². The Morgan fingerprint density at radius 1 is 1.11 bits per heavy atom. The van der Waals surface area contributed by atoms with Gasteiger partial charge in [0.15, 0.2) is 0 Å². The highest BCUT2D eigenvalue weighted by Crippen LogP contribution is 2.36. The quantitative estimate of drug-likeness (QED) is 0.505. The molecule has 5 heteroatoms. The Hall–Kier alpha value is -2.14. The summed E-state index contributed by atoms with van der Waals surface area (Å²) in [7, 11) is 0. The Bertz CT molecular complexity index is 779. The lowest BCUT2D eigenvalue weighted by atomic mass is 10.0. The van der Waals surface area contributed by atoms with Crippen LogP contribution in [0.4, 0.5) is 5.69 Å². The van der Waals surface area contributed by atoms with E-state index in [2.05, 4.69) is 15.9 Å². The molecule has 0 saturated heterocycles. The molecule has 0 amide bonds. The second-order valence-electron chi connectivity index (χ2n) is 4.06. The summed E-state index contributed by atoms with van der Waals surface area (Å²) in [4.78, 5) is 10.7. The molecule has 0 bridgehead atoms. The topological polar surface area (TPSA) is 56.3 Å². The van der Waals surface area contributed by atoms with Crippen molar-refractivity contribution in [1.29, 1.82) is 0 Å². The van der Waals surface area contributed by atoms with E-state index < -0.39 is 0 Å². The fourth-order valence-electron chi connectivity index (χ4n) is 2.07. The number of nitro groups is 1. The predicted molar refractivity (Wildman–Crippen MR) is 76.0 cm³/mol. The van der Waals surface area contributed by atoms with Crippen LogP contribution in [-0.4, -0.2) is 4.92 Å². The first kappa shape index (κ1) is 11.9. The smallest absolute Gasteiger partial charge is 0.277 e. The van der Waals surface area contributed by atoms with E-state index in [1.165, 1.54) is 6.07 Å². The van der Waals surface area contributed by atoms with Gasteiger partial charge < -0.3 is 4.42 Å². The maximum absolute atomic E-state index is 11.1. The molecule has 94 valence electrons. The zero-order valence-electron chi connectivity index (χ0n) is 9.67. The molecule has 0 saturated carbocycles. The minimum Gasteiger partial charge on any atom is -0.464 e. The van der Waals surface area contributed by atoms with Crippen LogP contribution in [0.2, 0.25) is 0 Å². The largest absolute Gasteiger partial charge is 0.464 e. The number of para-hydroxylation sites is 1. The van der Waals surface area contributed by atoms with Crippen molar-refractivity contribution in [2.75, 3.05) is 0 Å². The first-order valence-electron chi connectivity index (χ1n) is 5.57. The van der Waals surface area contributed by atoms with Gasteiger partial charge in [0.25, 0.3) is 5.69 Å². The van der Waals surface area contributed by atoms with Crippen molar-refractivity contribution in [3.8, 4) is 11.1 Å². The lowest BCUT2D eigenvalue weighted by Crippen LogP contribution is -1.90. The van der Waals surface area contributed by atoms with Crippen LogP contribution in [0, 0.1) is 10.1 Å². The normalized spacial score (nSPS) is 10.8. The molecule has 0 aliphatic carbocycles. The molecule has 4 nitrogen and oxygen atoms in total. The van der Waals surface area contributed by atoms with Crippen molar-refractivity contribution in [1.82, 2.24) is 0 Å². The van der Waals surface area contributed by atoms with Crippen molar-refractivity contribution in [2.24, 2.45) is 0 Å². The lowest BCUT2D eigenvalue weighted by molar-refractivity contribution is -0.384. The number of nitrogens with zero attached hydrogens (tertiary/aromatic N) is 1. The summed E-state index contributed by atoms with van der Waals surface area (Å²) < 4.78 is 6.37. The van der Waals surface area contributed by atoms with Crippen LogP contribution in [-0.2, 0) is 0 Å². The molecule has 3 rings (SSSR count). The molecular formula is C14H8BrNO3. The SMILES string of the molecule is O=[N+]([O-])c1ccccc1-c1coc2cc(Br)ccc12. The molecule has 0 aliphatic rings. The number of nitro benzene ring substituents is 1. The van der Waals surface area contributed by atoms with Crippen molar-refractivity contribution in [3.63, 3.8) is 0 Å². The predicted octanol–water partition coefficient (Wildman–Crippen LogP) is 4.77. The van der Waals surface area contributed by atoms with Gasteiger partial charge in [0.2, 0.25) is 0 Å². The van der Waals surface area contributed by atoms with Gasteiger partial charge in [0.1, 0.15) is 5.58 Å². The zero-order chi connectivity index (χ0) is 13.4. The number of rotatable bonds is 2. The third-order valence-corrected chi connectivity index (χ3v) is 3.42. The van der Waals surface area contributed by atoms with E-state index in [0.29, 0.717) is 11.1 Å². The minimum absolute atomic E-state index is 0.0770. The lowest BCUT2D eigenvalue weighted by Gasteiger charge is -2.00. The molecule has 3 aromatic rings. The van der Waals surface area contributed by atoms with Gasteiger partial charge >= 0.3 is 0 Å². The third kappa shape index (κ3) is 2.02. The highest BCUT2D eigenvalue weighted by Gasteiger charge is 2.18. The monoisotopic (exact) mass is 317 g/mol. The molecule has 0 atom stereocenters. The van der Waals surface area contributed by atoms with Crippen molar-refractivity contribution in [2.45, 2.75) is 0 Å². The molecule has 0 aliphatic heterocycles. The summed E-state index contributed by atoms with van der Waals surface area (Å²) in [6, 6.07) is 12.3. The van der Waals surface area contributed by atoms with Crippen LogP contribution in [0.25, 0.3) is 22.1 Å². The van der Waals surface area contributed by atoms with Crippen LogP contribution in [0.1, 0.15) is 0 Å². The van der Waals surface area contributed by atoms with Crippen molar-refractivity contribution < 1.29 is 9.34 Å². The molecule has 0 fully saturated rings. The fraction of sp³-hybridized carbons (Fsp3) is 0. The van der Waals surface area contributed by atoms with Crippen LogP contribution >= 0.6 is 15.9 Å². The first-order chi connectivity index (χ1) is 9.16. The van der Waals surface area contributed by atoms with Crippen LogP contribution in [0.3, 0.4) is 0 Å². The summed E-state index contributed by atoms with van der Waals surface area (Å²) in [5.41, 5.74) is 2.07. The average Bonchev–Trinajstić information content (AvgIpc) is 2.81. The van der Waals surface area contributed by atoms with Crippen LogP contribution < -0.4 is 0 Å². The number of hydrogen-bond acceptors (Lipinski definition) is 3. The maximum Gasteiger partial charge on any atom is 0.277 e. The maximum atomic E-state index is 11.1. The highest BCUT2D eigenvalue weighted by atomic mass is 79.9. The Morgan fingerprint density at radius 2 is 1.89 bits per heavy atom. The number of fused-ring (bicyclic) bond motifs is 1. The van der Waals surface area contributed by atoms with E-state index in [4.69, 9.17) is 4.42 Å². The third-order valence-electron chi connectivity index (χ3n) is 2.93. The molecule has 0 spiro atoms. The van der Waals surface area contributed by atoms with E-state index >= 15 is 0 Å².